The number of anilines is 1. The minimum absolute atomic E-state index is 0.188. The van der Waals surface area contributed by atoms with E-state index in [9.17, 15) is 41.0 Å². The monoisotopic (exact) mass is 750 g/mol. The third-order valence-electron chi connectivity index (χ3n) is 6.97. The summed E-state index contributed by atoms with van der Waals surface area (Å²) in [6, 6.07) is 0.512. The van der Waals surface area contributed by atoms with Gasteiger partial charge in [0.2, 0.25) is 11.5 Å². The van der Waals surface area contributed by atoms with Crippen LogP contribution >= 0.6 is 0 Å². The molecule has 2 atom stereocenters. The normalized spacial score (nSPS) is 18.8. The molecule has 2 aromatic heterocycles. The third-order valence-corrected chi connectivity index (χ3v) is 6.97. The Balaban J connectivity index is 0.00000121. The van der Waals surface area contributed by atoms with Crippen LogP contribution in [0.3, 0.4) is 0 Å². The molecule has 3 rings (SSSR count). The summed E-state index contributed by atoms with van der Waals surface area (Å²) in [6.07, 6.45) is -10.0. The molecule has 12 nitrogen and oxygen atoms in total. The van der Waals surface area contributed by atoms with Crippen molar-refractivity contribution in [2.24, 2.45) is 0 Å². The molecule has 0 aromatic carbocycles. The average Bonchev–Trinajstić information content (AvgIpc) is 3.49. The van der Waals surface area contributed by atoms with Crippen molar-refractivity contribution >= 4 is 18.3 Å². The van der Waals surface area contributed by atoms with Gasteiger partial charge in [0.05, 0.1) is 25.0 Å². The van der Waals surface area contributed by atoms with E-state index in [2.05, 4.69) is 33.1 Å². The molecule has 2 unspecified atom stereocenters. The quantitative estimate of drug-likeness (QED) is 0.168. The van der Waals surface area contributed by atoms with Gasteiger partial charge in [-0.05, 0) is 72.4 Å². The third kappa shape index (κ3) is 12.1. The van der Waals surface area contributed by atoms with E-state index in [1.165, 1.54) is 39.0 Å². The fourth-order valence-electron chi connectivity index (χ4n) is 4.41. The van der Waals surface area contributed by atoms with Crippen molar-refractivity contribution < 1.29 is 64.4 Å². The maximum absolute atomic E-state index is 14.9. The molecular formula is C34H44F6N4O8. The van der Waals surface area contributed by atoms with Crippen molar-refractivity contribution in [2.45, 2.75) is 102 Å². The van der Waals surface area contributed by atoms with Crippen LogP contribution in [0.25, 0.3) is 11.6 Å². The molecular weight excluding hydrogens is 706 g/mol. The lowest BCUT2D eigenvalue weighted by atomic mass is 9.93. The molecule has 1 aliphatic rings. The number of amides is 1. The summed E-state index contributed by atoms with van der Waals surface area (Å²) in [5, 5.41) is 17.7. The summed E-state index contributed by atoms with van der Waals surface area (Å²) in [7, 11) is 1.08. The number of hydrogen-bond donors (Lipinski definition) is 1. The molecule has 0 radical (unpaired) electrons. The number of fused-ring (bicyclic) bond motifs is 5. The summed E-state index contributed by atoms with van der Waals surface area (Å²) in [4.78, 5) is 27.1. The number of hydrogen-bond acceptors (Lipinski definition) is 11. The maximum atomic E-state index is 14.9. The molecule has 3 heterocycles. The largest absolute Gasteiger partial charge is 0.477 e. The number of aliphatic hydroxyl groups is 1. The number of allylic oxidation sites excluding steroid dienone is 2. The van der Waals surface area contributed by atoms with E-state index in [0.29, 0.717) is 17.4 Å². The van der Waals surface area contributed by atoms with Gasteiger partial charge < -0.3 is 28.5 Å². The number of carbonyl (C=O) groups excluding carboxylic acids is 2. The second-order valence-corrected chi connectivity index (χ2v) is 13.5. The van der Waals surface area contributed by atoms with Crippen LogP contribution in [0.1, 0.15) is 78.7 Å². The van der Waals surface area contributed by atoms with Crippen LogP contribution in [0, 0.1) is 0 Å². The summed E-state index contributed by atoms with van der Waals surface area (Å²) < 4.78 is 113. The number of alkyl halides is 6. The molecule has 0 aliphatic carbocycles. The van der Waals surface area contributed by atoms with Crippen LogP contribution in [0.5, 0.6) is 5.88 Å². The first-order valence-corrected chi connectivity index (χ1v) is 15.9. The first-order chi connectivity index (χ1) is 23.9. The van der Waals surface area contributed by atoms with Crippen molar-refractivity contribution in [3.05, 3.63) is 54.5 Å². The van der Waals surface area contributed by atoms with Crippen molar-refractivity contribution in [3.63, 3.8) is 0 Å². The van der Waals surface area contributed by atoms with Crippen LogP contribution in [0.2, 0.25) is 0 Å². The van der Waals surface area contributed by atoms with Gasteiger partial charge in [-0.15, -0.1) is 10.2 Å². The SMILES string of the molecule is C=C/C=C(\C=C)COC1(C(F)(F)F)CCCC(O)CCOc2nc(c(N(C)C(=O)OC(C)(C)C)cc2C(F)(F)F)-c2nnc1o2.CC(C)(C)OC=O. The smallest absolute Gasteiger partial charge is 0.426 e. The minimum atomic E-state index is -5.16. The number of rotatable bonds is 7. The van der Waals surface area contributed by atoms with Crippen LogP contribution in [-0.4, -0.2) is 76.6 Å². The van der Waals surface area contributed by atoms with Crippen LogP contribution < -0.4 is 9.64 Å². The van der Waals surface area contributed by atoms with E-state index in [1.54, 1.807) is 0 Å². The number of halogens is 6. The van der Waals surface area contributed by atoms with E-state index in [4.69, 9.17) is 18.6 Å². The molecule has 1 amide bonds. The molecule has 0 saturated carbocycles. The molecule has 0 saturated heterocycles. The standard InChI is InChI=1S/C29H34F6N4O6.C5H10O2/c1-7-10-17(8-2)16-43-27(29(33,34)35)13-9-11-18(40)12-14-42-22-19(28(30,31)32)15-20(39(6)25(41)45-26(3,4)5)21(36-22)23-37-38-24(27)44-23;1-5(2,3)7-4-6/h7-8,10,15,18,40H,1-2,9,11-14,16H2,3-6H3;4H,1-3H3/b17-10+;. The second kappa shape index (κ2) is 17.4. The zero-order chi connectivity index (χ0) is 39.7. The molecule has 18 heteroatoms. The Kier molecular flexibility index (Phi) is 14.6. The fourth-order valence-corrected chi connectivity index (χ4v) is 4.41. The molecule has 2 aromatic rings. The van der Waals surface area contributed by atoms with Gasteiger partial charge in [0.15, 0.2) is 5.69 Å². The van der Waals surface area contributed by atoms with Crippen molar-refractivity contribution in [1.82, 2.24) is 15.2 Å². The molecule has 1 aliphatic heterocycles. The fraction of sp³-hybridized carbons (Fsp3) is 0.559. The number of nitrogens with zero attached hydrogens (tertiary/aromatic N) is 4. The Morgan fingerprint density at radius 3 is 2.23 bits per heavy atom. The van der Waals surface area contributed by atoms with Gasteiger partial charge in [-0.3, -0.25) is 9.69 Å². The molecule has 0 spiro atoms. The number of aromatic nitrogens is 3. The van der Waals surface area contributed by atoms with Gasteiger partial charge >= 0.3 is 18.4 Å². The predicted octanol–water partition coefficient (Wildman–Crippen LogP) is 7.87. The number of aliphatic hydroxyl groups excluding tert-OH is 1. The zero-order valence-electron chi connectivity index (χ0n) is 30.0. The molecule has 290 valence electrons. The summed E-state index contributed by atoms with van der Waals surface area (Å²) in [6.45, 7) is 16.5. The summed E-state index contributed by atoms with van der Waals surface area (Å²) in [5.74, 6) is -2.81. The Hall–Kier alpha value is -4.45. The molecule has 52 heavy (non-hydrogen) atoms. The van der Waals surface area contributed by atoms with Gasteiger partial charge in [0.25, 0.3) is 18.3 Å². The first-order valence-electron chi connectivity index (χ1n) is 15.9. The Morgan fingerprint density at radius 2 is 1.73 bits per heavy atom. The van der Waals surface area contributed by atoms with E-state index < -0.39 is 90.0 Å². The lowest BCUT2D eigenvalue weighted by Gasteiger charge is -2.33. The van der Waals surface area contributed by atoms with E-state index in [-0.39, 0.29) is 30.4 Å². The lowest BCUT2D eigenvalue weighted by Crippen LogP contribution is -2.46. The zero-order valence-corrected chi connectivity index (χ0v) is 30.0. The van der Waals surface area contributed by atoms with Gasteiger partial charge in [-0.2, -0.15) is 26.3 Å². The number of pyridine rings is 1. The van der Waals surface area contributed by atoms with Gasteiger partial charge in [0.1, 0.15) is 16.8 Å². The highest BCUT2D eigenvalue weighted by Crippen LogP contribution is 2.48. The highest BCUT2D eigenvalue weighted by Gasteiger charge is 2.61. The Morgan fingerprint density at radius 1 is 1.08 bits per heavy atom. The summed E-state index contributed by atoms with van der Waals surface area (Å²) in [5.41, 5.74) is -6.94. The number of ether oxygens (including phenoxy) is 4. The van der Waals surface area contributed by atoms with Gasteiger partial charge in [-0.25, -0.2) is 9.78 Å². The van der Waals surface area contributed by atoms with Crippen LogP contribution in [-0.2, 0) is 30.8 Å². The highest BCUT2D eigenvalue weighted by molar-refractivity contribution is 5.91. The van der Waals surface area contributed by atoms with Crippen molar-refractivity contribution in [2.75, 3.05) is 25.2 Å². The Bertz CT molecular complexity index is 1580. The second-order valence-electron chi connectivity index (χ2n) is 13.5. The Labute approximate surface area is 297 Å². The van der Waals surface area contributed by atoms with E-state index >= 15 is 0 Å². The van der Waals surface area contributed by atoms with E-state index in [1.807, 2.05) is 20.8 Å². The van der Waals surface area contributed by atoms with Crippen LogP contribution in [0.4, 0.5) is 36.8 Å². The maximum Gasteiger partial charge on any atom is 0.426 e. The minimum Gasteiger partial charge on any atom is -0.477 e. The predicted molar refractivity (Wildman–Crippen MR) is 176 cm³/mol. The highest BCUT2D eigenvalue weighted by atomic mass is 19.4. The molecule has 0 fully saturated rings. The molecule has 1 N–H and O–H groups in total. The lowest BCUT2D eigenvalue weighted by molar-refractivity contribution is -0.293. The topological polar surface area (TPSA) is 146 Å². The van der Waals surface area contributed by atoms with Crippen molar-refractivity contribution in [3.8, 4) is 17.5 Å². The van der Waals surface area contributed by atoms with Crippen LogP contribution in [0.15, 0.2) is 47.4 Å². The molecule has 4 bridgehead atoms. The number of carbonyl (C=O) groups is 2. The van der Waals surface area contributed by atoms with Gasteiger partial charge in [0, 0.05) is 13.5 Å². The first kappa shape index (κ1) is 43.7. The van der Waals surface area contributed by atoms with Crippen molar-refractivity contribution in [1.29, 1.82) is 0 Å². The average molecular weight is 751 g/mol. The summed E-state index contributed by atoms with van der Waals surface area (Å²) >= 11 is 0. The van der Waals surface area contributed by atoms with Gasteiger partial charge in [-0.1, -0.05) is 31.4 Å². The van der Waals surface area contributed by atoms with E-state index in [0.717, 1.165) is 7.05 Å².